The third-order valence-corrected chi connectivity index (χ3v) is 5.75. The van der Waals surface area contributed by atoms with E-state index in [9.17, 15) is 4.79 Å². The fraction of sp³-hybridized carbons (Fsp3) is 0.588. The zero-order valence-electron chi connectivity index (χ0n) is 12.6. The molecule has 4 heteroatoms. The van der Waals surface area contributed by atoms with Crippen molar-refractivity contribution in [1.29, 1.82) is 0 Å². The lowest BCUT2D eigenvalue weighted by Crippen LogP contribution is -2.59. The van der Waals surface area contributed by atoms with Crippen molar-refractivity contribution >= 4 is 21.8 Å². The number of nitrogens with zero attached hydrogens (tertiary/aromatic N) is 1. The summed E-state index contributed by atoms with van der Waals surface area (Å²) in [7, 11) is 2.22. The molecule has 1 aromatic carbocycles. The highest BCUT2D eigenvalue weighted by Crippen LogP contribution is 2.40. The lowest BCUT2D eigenvalue weighted by atomic mass is 9.75. The van der Waals surface area contributed by atoms with Gasteiger partial charge in [0.2, 0.25) is 0 Å². The Morgan fingerprint density at radius 1 is 1.33 bits per heavy atom. The monoisotopic (exact) mass is 350 g/mol. The highest BCUT2D eigenvalue weighted by Gasteiger charge is 2.46. The SMILES string of the molecule is CN1CCC[C@@]12CCCC[C@@H]2NC(=O)c1cccc(Br)c1. The Hall–Kier alpha value is -0.870. The van der Waals surface area contributed by atoms with E-state index in [1.165, 1.54) is 32.1 Å². The first-order chi connectivity index (χ1) is 10.1. The second kappa shape index (κ2) is 6.09. The van der Waals surface area contributed by atoms with Crippen molar-refractivity contribution in [2.24, 2.45) is 0 Å². The molecule has 0 aromatic heterocycles. The van der Waals surface area contributed by atoms with Gasteiger partial charge < -0.3 is 5.32 Å². The predicted octanol–water partition coefficient (Wildman–Crippen LogP) is 3.59. The second-order valence-corrected chi connectivity index (χ2v) is 7.33. The number of hydrogen-bond acceptors (Lipinski definition) is 2. The molecule has 1 aromatic rings. The van der Waals surface area contributed by atoms with Crippen LogP contribution in [0.4, 0.5) is 0 Å². The molecular formula is C17H23BrN2O. The summed E-state index contributed by atoms with van der Waals surface area (Å²) in [6, 6.07) is 7.92. The van der Waals surface area contributed by atoms with Crippen LogP contribution in [0, 0.1) is 0 Å². The molecule has 0 radical (unpaired) electrons. The molecule has 1 N–H and O–H groups in total. The molecule has 1 aliphatic heterocycles. The van der Waals surface area contributed by atoms with Gasteiger partial charge in [0.05, 0.1) is 0 Å². The van der Waals surface area contributed by atoms with Crippen LogP contribution < -0.4 is 5.32 Å². The fourth-order valence-electron chi connectivity index (χ4n) is 4.09. The van der Waals surface area contributed by atoms with Gasteiger partial charge in [0.1, 0.15) is 0 Å². The van der Waals surface area contributed by atoms with Crippen molar-refractivity contribution in [1.82, 2.24) is 10.2 Å². The van der Waals surface area contributed by atoms with Gasteiger partial charge >= 0.3 is 0 Å². The molecule has 3 nitrogen and oxygen atoms in total. The van der Waals surface area contributed by atoms with Crippen molar-refractivity contribution in [2.75, 3.05) is 13.6 Å². The lowest BCUT2D eigenvalue weighted by molar-refractivity contribution is 0.0641. The number of carbonyl (C=O) groups excluding carboxylic acids is 1. The average molecular weight is 351 g/mol. The second-order valence-electron chi connectivity index (χ2n) is 6.41. The van der Waals surface area contributed by atoms with Crippen LogP contribution in [-0.2, 0) is 0 Å². The molecule has 3 rings (SSSR count). The molecule has 114 valence electrons. The number of halogens is 1. The summed E-state index contributed by atoms with van der Waals surface area (Å²) >= 11 is 3.44. The fourth-order valence-corrected chi connectivity index (χ4v) is 4.49. The van der Waals surface area contributed by atoms with Gasteiger partial charge in [-0.05, 0) is 57.5 Å². The number of nitrogens with one attached hydrogen (secondary N) is 1. The Morgan fingerprint density at radius 3 is 2.86 bits per heavy atom. The minimum atomic E-state index is 0.0582. The maximum Gasteiger partial charge on any atom is 0.251 e. The zero-order valence-corrected chi connectivity index (χ0v) is 14.2. The molecule has 0 unspecified atom stereocenters. The Kier molecular flexibility index (Phi) is 4.36. The van der Waals surface area contributed by atoms with Gasteiger partial charge in [-0.25, -0.2) is 0 Å². The third-order valence-electron chi connectivity index (χ3n) is 5.26. The highest BCUT2D eigenvalue weighted by atomic mass is 79.9. The van der Waals surface area contributed by atoms with E-state index in [0.29, 0.717) is 0 Å². The van der Waals surface area contributed by atoms with Gasteiger partial charge in [0.15, 0.2) is 0 Å². The molecule has 21 heavy (non-hydrogen) atoms. The average Bonchev–Trinajstić information content (AvgIpc) is 2.83. The third kappa shape index (κ3) is 2.88. The molecule has 2 atom stereocenters. The van der Waals surface area contributed by atoms with Crippen LogP contribution in [0.2, 0.25) is 0 Å². The quantitative estimate of drug-likeness (QED) is 0.883. The van der Waals surface area contributed by atoms with E-state index in [-0.39, 0.29) is 17.5 Å². The van der Waals surface area contributed by atoms with Gasteiger partial charge in [0.25, 0.3) is 5.91 Å². The molecule has 1 aliphatic carbocycles. The van der Waals surface area contributed by atoms with E-state index < -0.39 is 0 Å². The van der Waals surface area contributed by atoms with Crippen LogP contribution in [0.25, 0.3) is 0 Å². The largest absolute Gasteiger partial charge is 0.347 e. The molecular weight excluding hydrogens is 328 g/mol. The first-order valence-electron chi connectivity index (χ1n) is 7.89. The van der Waals surface area contributed by atoms with E-state index in [0.717, 1.165) is 23.0 Å². The van der Waals surface area contributed by atoms with E-state index in [1.807, 2.05) is 24.3 Å². The molecule has 1 amide bonds. The first-order valence-corrected chi connectivity index (χ1v) is 8.69. The number of rotatable bonds is 2. The van der Waals surface area contributed by atoms with Gasteiger partial charge in [0, 0.05) is 21.6 Å². The van der Waals surface area contributed by atoms with Crippen molar-refractivity contribution in [2.45, 2.75) is 50.1 Å². The minimum Gasteiger partial charge on any atom is -0.347 e. The molecule has 2 aliphatic rings. The van der Waals surface area contributed by atoms with Crippen molar-refractivity contribution < 1.29 is 4.79 Å². The molecule has 1 saturated carbocycles. The van der Waals surface area contributed by atoms with Gasteiger partial charge in [-0.3, -0.25) is 9.69 Å². The molecule has 1 heterocycles. The Labute approximate surface area is 135 Å². The van der Waals surface area contributed by atoms with Crippen molar-refractivity contribution in [3.05, 3.63) is 34.3 Å². The summed E-state index contributed by atoms with van der Waals surface area (Å²) < 4.78 is 0.950. The standard InChI is InChI=1S/C17H23BrN2O/c1-20-11-5-10-17(20)9-3-2-8-15(17)19-16(21)13-6-4-7-14(18)12-13/h4,6-7,12,15H,2-3,5,8-11H2,1H3,(H,19,21)/t15-,17+/m0/s1. The van der Waals surface area contributed by atoms with Crippen LogP contribution in [0.1, 0.15) is 48.9 Å². The van der Waals surface area contributed by atoms with Crippen LogP contribution in [0.3, 0.4) is 0 Å². The van der Waals surface area contributed by atoms with Gasteiger partial charge in [-0.1, -0.05) is 34.8 Å². The maximum absolute atomic E-state index is 12.6. The lowest BCUT2D eigenvalue weighted by Gasteiger charge is -2.46. The smallest absolute Gasteiger partial charge is 0.251 e. The zero-order chi connectivity index (χ0) is 14.9. The summed E-state index contributed by atoms with van der Waals surface area (Å²) in [5.41, 5.74) is 0.936. The first kappa shape index (κ1) is 15.0. The van der Waals surface area contributed by atoms with Gasteiger partial charge in [-0.15, -0.1) is 0 Å². The number of benzene rings is 1. The van der Waals surface area contributed by atoms with Crippen LogP contribution in [0.15, 0.2) is 28.7 Å². The minimum absolute atomic E-state index is 0.0582. The summed E-state index contributed by atoms with van der Waals surface area (Å²) in [6.45, 7) is 1.16. The summed E-state index contributed by atoms with van der Waals surface area (Å²) in [4.78, 5) is 15.0. The van der Waals surface area contributed by atoms with Gasteiger partial charge in [-0.2, -0.15) is 0 Å². The molecule has 1 saturated heterocycles. The Bertz CT molecular complexity index is 533. The van der Waals surface area contributed by atoms with E-state index in [4.69, 9.17) is 0 Å². The van der Waals surface area contributed by atoms with E-state index in [2.05, 4.69) is 33.2 Å². The number of hydrogen-bond donors (Lipinski definition) is 1. The van der Waals surface area contributed by atoms with Crippen LogP contribution in [-0.4, -0.2) is 36.0 Å². The van der Waals surface area contributed by atoms with Crippen LogP contribution >= 0.6 is 15.9 Å². The maximum atomic E-state index is 12.6. The van der Waals surface area contributed by atoms with E-state index in [1.54, 1.807) is 0 Å². The Balaban J connectivity index is 1.77. The topological polar surface area (TPSA) is 32.3 Å². The number of amides is 1. The summed E-state index contributed by atoms with van der Waals surface area (Å²) in [5.74, 6) is 0.0582. The highest BCUT2D eigenvalue weighted by molar-refractivity contribution is 9.10. The number of likely N-dealkylation sites (N-methyl/N-ethyl adjacent to an activating group) is 1. The molecule has 1 spiro atoms. The van der Waals surface area contributed by atoms with Crippen molar-refractivity contribution in [3.63, 3.8) is 0 Å². The number of likely N-dealkylation sites (tertiary alicyclic amines) is 1. The van der Waals surface area contributed by atoms with E-state index >= 15 is 0 Å². The Morgan fingerprint density at radius 2 is 2.14 bits per heavy atom. The van der Waals surface area contributed by atoms with Crippen LogP contribution in [0.5, 0.6) is 0 Å². The summed E-state index contributed by atoms with van der Waals surface area (Å²) in [6.07, 6.45) is 7.29. The molecule has 2 fully saturated rings. The van der Waals surface area contributed by atoms with Crippen molar-refractivity contribution in [3.8, 4) is 0 Å². The molecule has 0 bridgehead atoms. The summed E-state index contributed by atoms with van der Waals surface area (Å²) in [5, 5.41) is 3.32. The predicted molar refractivity (Wildman–Crippen MR) is 88.5 cm³/mol. The normalized spacial score (nSPS) is 29.7. The number of carbonyl (C=O) groups is 1.